The highest BCUT2D eigenvalue weighted by atomic mass is 19.1. The number of rotatable bonds is 9. The minimum Gasteiger partial charge on any atom is -0.487 e. The highest BCUT2D eigenvalue weighted by molar-refractivity contribution is 5.96. The number of hydrogen-bond acceptors (Lipinski definition) is 5. The van der Waals surface area contributed by atoms with Gasteiger partial charge in [-0.25, -0.2) is 4.39 Å². The standard InChI is InChI=1S/C36H40FN3O3/c1-2-24-13-14-32-28(20-24)25(22-36(43-32)17-9-18-36)21-31(41)30(23-35(38)15-5-3-6-16-35)40-34(42)27-11-8-10-26(33(27)37)29-12-4-7-19-39-29/h3-8,10-15,19-20,25,30-31,41H,2,9,16-18,21-23,38H2,1H3,(H,40,42)/t25-,30?,31+,35-/m0/s1. The lowest BCUT2D eigenvalue weighted by Gasteiger charge is -2.48. The third-order valence-corrected chi connectivity index (χ3v) is 9.40. The van der Waals surface area contributed by atoms with Crippen molar-refractivity contribution in [3.8, 4) is 17.0 Å². The van der Waals surface area contributed by atoms with E-state index in [-0.39, 0.29) is 22.6 Å². The van der Waals surface area contributed by atoms with Crippen molar-refractivity contribution in [2.45, 2.75) is 87.5 Å². The smallest absolute Gasteiger partial charge is 0.254 e. The Balaban J connectivity index is 1.28. The van der Waals surface area contributed by atoms with Gasteiger partial charge in [0.1, 0.15) is 17.2 Å². The normalized spacial score (nSPS) is 23.1. The number of fused-ring (bicyclic) bond motifs is 1. The van der Waals surface area contributed by atoms with Gasteiger partial charge in [-0.15, -0.1) is 0 Å². The van der Waals surface area contributed by atoms with Gasteiger partial charge in [0, 0.05) is 17.3 Å². The number of aliphatic hydroxyl groups is 1. The molecule has 3 aliphatic rings. The van der Waals surface area contributed by atoms with Gasteiger partial charge in [-0.1, -0.05) is 55.5 Å². The number of halogens is 1. The van der Waals surface area contributed by atoms with Crippen LogP contribution in [0.15, 0.2) is 85.1 Å². The number of ether oxygens (including phenoxy) is 1. The topological polar surface area (TPSA) is 97.5 Å². The SMILES string of the molecule is CCc1ccc2c(c1)[C@@H](C[C@@H](O)C(C[C@]1(N)C=CC=CC1)NC(=O)c1cccc(-c3ccccn3)c1F)CC1(CCC1)O2. The summed E-state index contributed by atoms with van der Waals surface area (Å²) in [5, 5.41) is 14.9. The second-order valence-electron chi connectivity index (χ2n) is 12.5. The van der Waals surface area contributed by atoms with Gasteiger partial charge in [0.15, 0.2) is 0 Å². The predicted molar refractivity (Wildman–Crippen MR) is 166 cm³/mol. The summed E-state index contributed by atoms with van der Waals surface area (Å²) in [4.78, 5) is 17.9. The molecule has 0 saturated heterocycles. The summed E-state index contributed by atoms with van der Waals surface area (Å²) in [6, 6.07) is 15.6. The van der Waals surface area contributed by atoms with E-state index in [0.717, 1.165) is 43.4 Å². The average molecular weight is 582 g/mol. The van der Waals surface area contributed by atoms with Crippen molar-refractivity contribution in [2.75, 3.05) is 0 Å². The molecular formula is C36H40FN3O3. The Morgan fingerprint density at radius 3 is 2.74 bits per heavy atom. The summed E-state index contributed by atoms with van der Waals surface area (Å²) in [6.45, 7) is 2.13. The second-order valence-corrected chi connectivity index (χ2v) is 12.5. The molecule has 43 heavy (non-hydrogen) atoms. The molecule has 224 valence electrons. The van der Waals surface area contributed by atoms with Gasteiger partial charge >= 0.3 is 0 Å². The lowest BCUT2D eigenvalue weighted by atomic mass is 9.69. The van der Waals surface area contributed by atoms with E-state index in [0.29, 0.717) is 25.0 Å². The van der Waals surface area contributed by atoms with Gasteiger partial charge in [0.2, 0.25) is 0 Å². The van der Waals surface area contributed by atoms with Gasteiger partial charge in [-0.2, -0.15) is 0 Å². The zero-order chi connectivity index (χ0) is 30.0. The predicted octanol–water partition coefficient (Wildman–Crippen LogP) is 6.39. The van der Waals surface area contributed by atoms with Crippen LogP contribution in [0.25, 0.3) is 11.3 Å². The van der Waals surface area contributed by atoms with Crippen molar-refractivity contribution >= 4 is 5.91 Å². The van der Waals surface area contributed by atoms with Crippen LogP contribution >= 0.6 is 0 Å². The van der Waals surface area contributed by atoms with Gasteiger partial charge in [-0.3, -0.25) is 9.78 Å². The number of benzene rings is 2. The maximum absolute atomic E-state index is 15.7. The van der Waals surface area contributed by atoms with E-state index in [1.165, 1.54) is 11.6 Å². The average Bonchev–Trinajstić information content (AvgIpc) is 3.00. The number of allylic oxidation sites excluding steroid dienone is 2. The van der Waals surface area contributed by atoms with Gasteiger partial charge in [0.25, 0.3) is 5.91 Å². The first kappa shape index (κ1) is 29.3. The number of carbonyl (C=O) groups is 1. The zero-order valence-corrected chi connectivity index (χ0v) is 24.6. The van der Waals surface area contributed by atoms with E-state index in [2.05, 4.69) is 35.4 Å². The van der Waals surface area contributed by atoms with Crippen molar-refractivity contribution < 1.29 is 19.0 Å². The third kappa shape index (κ3) is 6.15. The molecule has 1 aromatic heterocycles. The van der Waals surface area contributed by atoms with Crippen LogP contribution in [0.1, 0.15) is 79.3 Å². The van der Waals surface area contributed by atoms with Crippen LogP contribution in [0.5, 0.6) is 5.75 Å². The molecule has 6 rings (SSSR count). The summed E-state index contributed by atoms with van der Waals surface area (Å²) >= 11 is 0. The fourth-order valence-electron chi connectivity index (χ4n) is 6.81. The molecule has 1 fully saturated rings. The first-order chi connectivity index (χ1) is 20.8. The van der Waals surface area contributed by atoms with Gasteiger partial charge in [0.05, 0.1) is 23.4 Å². The van der Waals surface area contributed by atoms with Crippen molar-refractivity contribution in [3.63, 3.8) is 0 Å². The third-order valence-electron chi connectivity index (χ3n) is 9.40. The van der Waals surface area contributed by atoms with Crippen LogP contribution in [0.2, 0.25) is 0 Å². The molecule has 2 heterocycles. The van der Waals surface area contributed by atoms with E-state index < -0.39 is 29.4 Å². The number of aliphatic hydroxyl groups excluding tert-OH is 1. The number of aryl methyl sites for hydroxylation is 1. The Morgan fingerprint density at radius 1 is 1.19 bits per heavy atom. The number of aromatic nitrogens is 1. The lowest BCUT2D eigenvalue weighted by Crippen LogP contribution is -2.52. The van der Waals surface area contributed by atoms with E-state index in [1.807, 2.05) is 24.3 Å². The molecule has 0 radical (unpaired) electrons. The number of nitrogens with one attached hydrogen (secondary N) is 1. The summed E-state index contributed by atoms with van der Waals surface area (Å²) in [6.07, 6.45) is 14.6. The van der Waals surface area contributed by atoms with Gasteiger partial charge < -0.3 is 20.9 Å². The molecule has 4 N–H and O–H groups in total. The molecule has 2 aliphatic carbocycles. The van der Waals surface area contributed by atoms with Crippen molar-refractivity contribution in [1.29, 1.82) is 0 Å². The van der Waals surface area contributed by atoms with Crippen LogP contribution in [-0.4, -0.2) is 39.3 Å². The molecule has 3 aromatic rings. The van der Waals surface area contributed by atoms with Crippen molar-refractivity contribution in [2.24, 2.45) is 5.73 Å². The summed E-state index contributed by atoms with van der Waals surface area (Å²) in [7, 11) is 0. The second kappa shape index (κ2) is 12.1. The molecule has 1 spiro atoms. The van der Waals surface area contributed by atoms with E-state index >= 15 is 4.39 Å². The number of amides is 1. The molecule has 1 amide bonds. The number of nitrogens with two attached hydrogens (primary N) is 1. The fourth-order valence-corrected chi connectivity index (χ4v) is 6.81. The molecule has 7 heteroatoms. The quantitative estimate of drug-likeness (QED) is 0.272. The minimum absolute atomic E-state index is 0.0599. The molecule has 4 atom stereocenters. The lowest BCUT2D eigenvalue weighted by molar-refractivity contribution is -0.0394. The highest BCUT2D eigenvalue weighted by Crippen LogP contribution is 2.51. The highest BCUT2D eigenvalue weighted by Gasteiger charge is 2.46. The number of nitrogens with zero attached hydrogens (tertiary/aromatic N) is 1. The van der Waals surface area contributed by atoms with E-state index in [4.69, 9.17) is 10.5 Å². The van der Waals surface area contributed by atoms with E-state index in [1.54, 1.807) is 36.5 Å². The maximum atomic E-state index is 15.7. The molecule has 1 saturated carbocycles. The molecule has 6 nitrogen and oxygen atoms in total. The molecule has 0 bridgehead atoms. The first-order valence-corrected chi connectivity index (χ1v) is 15.4. The Labute approximate surface area is 252 Å². The van der Waals surface area contributed by atoms with Gasteiger partial charge in [-0.05, 0) is 98.7 Å². The monoisotopic (exact) mass is 581 g/mol. The molecule has 2 aromatic carbocycles. The number of pyridine rings is 1. The number of hydrogen-bond donors (Lipinski definition) is 3. The van der Waals surface area contributed by atoms with Crippen LogP contribution < -0.4 is 15.8 Å². The Hall–Kier alpha value is -3.81. The summed E-state index contributed by atoms with van der Waals surface area (Å²) in [5.74, 6) is -0.281. The zero-order valence-electron chi connectivity index (χ0n) is 24.6. The van der Waals surface area contributed by atoms with E-state index in [9.17, 15) is 9.90 Å². The Bertz CT molecular complexity index is 1530. The summed E-state index contributed by atoms with van der Waals surface area (Å²) < 4.78 is 22.2. The summed E-state index contributed by atoms with van der Waals surface area (Å²) in [5.41, 5.74) is 8.75. The van der Waals surface area contributed by atoms with Crippen molar-refractivity contribution in [3.05, 3.63) is 108 Å². The van der Waals surface area contributed by atoms with Crippen LogP contribution in [-0.2, 0) is 6.42 Å². The Morgan fingerprint density at radius 2 is 2.05 bits per heavy atom. The largest absolute Gasteiger partial charge is 0.487 e. The van der Waals surface area contributed by atoms with Crippen LogP contribution in [0.4, 0.5) is 4.39 Å². The number of carbonyl (C=O) groups excluding carboxylic acids is 1. The maximum Gasteiger partial charge on any atom is 0.254 e. The first-order valence-electron chi connectivity index (χ1n) is 15.4. The van der Waals surface area contributed by atoms with Crippen LogP contribution in [0, 0.1) is 5.82 Å². The minimum atomic E-state index is -0.913. The molecular weight excluding hydrogens is 541 g/mol. The molecule has 1 unspecified atom stereocenters. The van der Waals surface area contributed by atoms with Crippen molar-refractivity contribution in [1.82, 2.24) is 10.3 Å². The fraction of sp³-hybridized carbons (Fsp3) is 0.389. The molecule has 1 aliphatic heterocycles. The van der Waals surface area contributed by atoms with Crippen LogP contribution in [0.3, 0.4) is 0 Å². The Kier molecular flexibility index (Phi) is 8.21.